The predicted octanol–water partition coefficient (Wildman–Crippen LogP) is 4.53. The van der Waals surface area contributed by atoms with Gasteiger partial charge in [-0.3, -0.25) is 4.89 Å². The van der Waals surface area contributed by atoms with Crippen LogP contribution in [0.3, 0.4) is 0 Å². The Kier molecular flexibility index (Phi) is 8.26. The van der Waals surface area contributed by atoms with E-state index >= 15 is 0 Å². The fourth-order valence-electron chi connectivity index (χ4n) is 2.17. The normalized spacial score (nSPS) is 11.6. The molecule has 0 aliphatic rings. The van der Waals surface area contributed by atoms with Crippen LogP contribution in [0.25, 0.3) is 0 Å². The largest absolute Gasteiger partial charge is 0.435 e. The topological polar surface area (TPSA) is 77.9 Å². The number of rotatable bonds is 8. The average molecular weight is 417 g/mol. The minimum atomic E-state index is -5.21. The fraction of sp³-hybridized carbons (Fsp3) is 0.533. The van der Waals surface area contributed by atoms with Crippen molar-refractivity contribution in [3.05, 3.63) is 22.5 Å². The highest BCUT2D eigenvalue weighted by atomic mass is 35.5. The van der Waals surface area contributed by atoms with Gasteiger partial charge in [-0.15, -0.1) is 11.6 Å². The van der Waals surface area contributed by atoms with E-state index < -0.39 is 52.7 Å². The number of pyridine rings is 1. The third kappa shape index (κ3) is 5.95. The van der Waals surface area contributed by atoms with Crippen molar-refractivity contribution in [1.29, 1.82) is 0 Å². The molecule has 0 saturated heterocycles. The molecule has 0 atom stereocenters. The second-order valence-corrected chi connectivity index (χ2v) is 5.91. The maximum Gasteiger partial charge on any atom is 0.435 e. The van der Waals surface area contributed by atoms with Gasteiger partial charge in [-0.25, -0.2) is 23.4 Å². The zero-order chi connectivity index (χ0) is 20.8. The molecular weight excluding hydrogens is 403 g/mol. The molecule has 0 saturated carbocycles. The molecule has 1 heterocycles. The highest BCUT2D eigenvalue weighted by Crippen LogP contribution is 2.41. The Bertz CT molecular complexity index is 734. The van der Waals surface area contributed by atoms with Crippen molar-refractivity contribution in [3.8, 4) is 0 Å². The lowest BCUT2D eigenvalue weighted by molar-refractivity contribution is -0.236. The first-order chi connectivity index (χ1) is 12.5. The smallest absolute Gasteiger partial charge is 0.293 e. The molecule has 6 nitrogen and oxygen atoms in total. The summed E-state index contributed by atoms with van der Waals surface area (Å²) in [6.45, 7) is 2.83. The fourth-order valence-corrected chi connectivity index (χ4v) is 2.23. The van der Waals surface area contributed by atoms with E-state index in [0.29, 0.717) is 0 Å². The molecule has 0 spiro atoms. The van der Waals surface area contributed by atoms with Crippen molar-refractivity contribution in [3.63, 3.8) is 0 Å². The number of aromatic nitrogens is 1. The lowest BCUT2D eigenvalue weighted by Gasteiger charge is -2.19. The Morgan fingerprint density at radius 2 is 1.96 bits per heavy atom. The molecule has 0 aliphatic carbocycles. The average Bonchev–Trinajstić information content (AvgIpc) is 2.54. The molecule has 0 radical (unpaired) electrons. The molecule has 27 heavy (non-hydrogen) atoms. The Morgan fingerprint density at radius 3 is 2.41 bits per heavy atom. The van der Waals surface area contributed by atoms with Crippen LogP contribution >= 0.6 is 11.6 Å². The molecule has 1 aromatic rings. The number of aliphatic imine (C=N–C) groups is 1. The Balaban J connectivity index is 3.82. The summed E-state index contributed by atoms with van der Waals surface area (Å²) in [5, 5.41) is 0. The number of alkyl halides is 6. The minimum absolute atomic E-state index is 0.0974. The molecule has 1 rings (SSSR count). The van der Waals surface area contributed by atoms with Crippen molar-refractivity contribution in [2.24, 2.45) is 10.9 Å². The van der Waals surface area contributed by atoms with Gasteiger partial charge in [-0.1, -0.05) is 13.8 Å². The van der Waals surface area contributed by atoms with Crippen LogP contribution in [0.1, 0.15) is 47.6 Å². The van der Waals surface area contributed by atoms with Crippen LogP contribution in [0.5, 0.6) is 0 Å². The molecule has 0 aromatic carbocycles. The summed E-state index contributed by atoms with van der Waals surface area (Å²) >= 11 is 5.32. The quantitative estimate of drug-likeness (QED) is 0.118. The number of nitrogens with zero attached hydrogens (tertiary/aromatic N) is 2. The minimum Gasteiger partial charge on any atom is -0.293 e. The maximum absolute atomic E-state index is 13.4. The Labute approximate surface area is 155 Å². The second kappa shape index (κ2) is 9.72. The zero-order valence-corrected chi connectivity index (χ0v) is 14.8. The van der Waals surface area contributed by atoms with Crippen LogP contribution in [-0.4, -0.2) is 29.5 Å². The van der Waals surface area contributed by atoms with E-state index in [1.54, 1.807) is 13.8 Å². The van der Waals surface area contributed by atoms with E-state index in [-0.39, 0.29) is 18.9 Å². The third-order valence-corrected chi connectivity index (χ3v) is 3.20. The molecule has 0 fully saturated rings. The molecule has 0 amide bonds. The number of hydrogen-bond acceptors (Lipinski definition) is 6. The first-order valence-electron chi connectivity index (χ1n) is 7.44. The maximum atomic E-state index is 13.4. The third-order valence-electron chi connectivity index (χ3n) is 3.04. The molecule has 0 N–H and O–H groups in total. The Morgan fingerprint density at radius 1 is 1.33 bits per heavy atom. The number of halogens is 6. The highest BCUT2D eigenvalue weighted by molar-refractivity contribution is 6.17. The Hall–Kier alpha value is -2.10. The summed E-state index contributed by atoms with van der Waals surface area (Å²) in [6.07, 6.45) is -8.12. The van der Waals surface area contributed by atoms with Crippen LogP contribution in [0.4, 0.5) is 27.6 Å². The van der Waals surface area contributed by atoms with Crippen molar-refractivity contribution in [2.45, 2.75) is 32.9 Å². The van der Waals surface area contributed by atoms with Gasteiger partial charge in [0.05, 0.1) is 11.4 Å². The van der Waals surface area contributed by atoms with Gasteiger partial charge in [0, 0.05) is 0 Å². The zero-order valence-electron chi connectivity index (χ0n) is 14.1. The van der Waals surface area contributed by atoms with E-state index in [0.717, 1.165) is 6.08 Å². The number of hydrogen-bond donors (Lipinski definition) is 0. The van der Waals surface area contributed by atoms with Crippen LogP contribution in [-0.2, 0) is 27.2 Å². The van der Waals surface area contributed by atoms with Crippen LogP contribution in [0, 0.1) is 5.92 Å². The van der Waals surface area contributed by atoms with E-state index in [1.165, 1.54) is 0 Å². The summed E-state index contributed by atoms with van der Waals surface area (Å²) in [7, 11) is 0. The van der Waals surface area contributed by atoms with Gasteiger partial charge in [-0.2, -0.15) is 23.1 Å². The molecule has 1 aromatic heterocycles. The lowest BCUT2D eigenvalue weighted by Crippen LogP contribution is -2.20. The van der Waals surface area contributed by atoms with Crippen LogP contribution in [0.15, 0.2) is 4.99 Å². The van der Waals surface area contributed by atoms with Gasteiger partial charge in [0.15, 0.2) is 5.69 Å². The summed E-state index contributed by atoms with van der Waals surface area (Å²) in [6, 6.07) is 0. The van der Waals surface area contributed by atoms with Gasteiger partial charge >= 0.3 is 12.1 Å². The van der Waals surface area contributed by atoms with Gasteiger partial charge in [-0.05, 0) is 17.9 Å². The highest BCUT2D eigenvalue weighted by Gasteiger charge is 2.41. The molecule has 0 aliphatic heterocycles. The van der Waals surface area contributed by atoms with Gasteiger partial charge in [0.2, 0.25) is 6.08 Å². The molecule has 12 heteroatoms. The number of isocyanates is 1. The first kappa shape index (κ1) is 22.9. The van der Waals surface area contributed by atoms with Crippen molar-refractivity contribution >= 4 is 29.3 Å². The first-order valence-corrected chi connectivity index (χ1v) is 7.97. The number of carbonyl (C=O) groups is 1. The van der Waals surface area contributed by atoms with Gasteiger partial charge in [0.25, 0.3) is 6.43 Å². The van der Waals surface area contributed by atoms with Crippen molar-refractivity contribution < 1.29 is 41.3 Å². The summed E-state index contributed by atoms with van der Waals surface area (Å²) < 4.78 is 66.5. The van der Waals surface area contributed by atoms with E-state index in [2.05, 4.69) is 19.8 Å². The SMILES string of the molecule is CC(C)Cc1c(N=C=O)c(C(F)(F)F)nc(C(F)F)c1C(=O)OOCCCl. The number of carbonyl (C=O) groups excluding carboxylic acids is 2. The van der Waals surface area contributed by atoms with Gasteiger partial charge in [0.1, 0.15) is 18.0 Å². The van der Waals surface area contributed by atoms with E-state index in [9.17, 15) is 31.5 Å². The molecule has 0 unspecified atom stereocenters. The van der Waals surface area contributed by atoms with Crippen LogP contribution in [0.2, 0.25) is 0 Å². The van der Waals surface area contributed by atoms with E-state index in [1.807, 2.05) is 0 Å². The van der Waals surface area contributed by atoms with Crippen molar-refractivity contribution in [1.82, 2.24) is 4.98 Å². The summed E-state index contributed by atoms with van der Waals surface area (Å²) in [5.74, 6) is -2.00. The summed E-state index contributed by atoms with van der Waals surface area (Å²) in [5.41, 5.74) is -5.86. The predicted molar refractivity (Wildman–Crippen MR) is 82.6 cm³/mol. The molecular formula is C15H14ClF5N2O4. The van der Waals surface area contributed by atoms with Crippen molar-refractivity contribution in [2.75, 3.05) is 12.5 Å². The van der Waals surface area contributed by atoms with E-state index in [4.69, 9.17) is 11.6 Å². The van der Waals surface area contributed by atoms with Crippen LogP contribution < -0.4 is 0 Å². The molecule has 150 valence electrons. The standard InChI is InChI=1S/C15H14ClF5N2O4/c1-7(2)5-8-9(14(25)27-26-4-3-16)11(13(17)18)23-12(15(19,20)21)10(8)22-6-24/h7,13H,3-5H2,1-2H3. The monoisotopic (exact) mass is 416 g/mol. The van der Waals surface area contributed by atoms with Gasteiger partial charge < -0.3 is 0 Å². The second-order valence-electron chi connectivity index (χ2n) is 5.53. The summed E-state index contributed by atoms with van der Waals surface area (Å²) in [4.78, 5) is 37.3. The lowest BCUT2D eigenvalue weighted by atomic mass is 9.94. The molecule has 0 bridgehead atoms.